The van der Waals surface area contributed by atoms with Crippen molar-refractivity contribution in [2.75, 3.05) is 6.16 Å². The van der Waals surface area contributed by atoms with E-state index in [9.17, 15) is 0 Å². The Balaban J connectivity index is 3.41. The van der Waals surface area contributed by atoms with Gasteiger partial charge in [0.2, 0.25) is 0 Å². The van der Waals surface area contributed by atoms with Crippen molar-refractivity contribution in [2.24, 2.45) is 5.92 Å². The van der Waals surface area contributed by atoms with E-state index in [4.69, 9.17) is 9.79 Å². The summed E-state index contributed by atoms with van der Waals surface area (Å²) in [5.74, 6) is 0.524. The monoisotopic (exact) mass is 178 g/mol. The number of unbranched alkanes of at least 4 members (excludes halogenated alkanes) is 1. The fourth-order valence-electron chi connectivity index (χ4n) is 1.15. The van der Waals surface area contributed by atoms with Crippen LogP contribution in [0.3, 0.4) is 0 Å². The molecule has 0 heterocycles. The molecule has 1 unspecified atom stereocenters. The SMILES string of the molecule is CCCCC(CC)CP(O)O. The summed E-state index contributed by atoms with van der Waals surface area (Å²) in [6.45, 7) is 4.27. The van der Waals surface area contributed by atoms with Crippen LogP contribution in [0.2, 0.25) is 0 Å². The van der Waals surface area contributed by atoms with Gasteiger partial charge in [0.1, 0.15) is 0 Å². The minimum atomic E-state index is -1.66. The molecule has 2 nitrogen and oxygen atoms in total. The highest BCUT2D eigenvalue weighted by Crippen LogP contribution is 2.30. The summed E-state index contributed by atoms with van der Waals surface area (Å²) in [5.41, 5.74) is 0. The van der Waals surface area contributed by atoms with Crippen LogP contribution in [0.25, 0.3) is 0 Å². The molecule has 0 aromatic heterocycles. The summed E-state index contributed by atoms with van der Waals surface area (Å²) < 4.78 is 0. The summed E-state index contributed by atoms with van der Waals surface area (Å²) in [6, 6.07) is 0. The van der Waals surface area contributed by atoms with Gasteiger partial charge in [0.15, 0.2) is 8.38 Å². The van der Waals surface area contributed by atoms with Gasteiger partial charge in [-0.15, -0.1) is 0 Å². The molecule has 0 aliphatic heterocycles. The van der Waals surface area contributed by atoms with Crippen LogP contribution >= 0.6 is 8.38 Å². The van der Waals surface area contributed by atoms with Crippen LogP contribution in [0, 0.1) is 5.92 Å². The van der Waals surface area contributed by atoms with Crippen molar-refractivity contribution >= 4 is 8.38 Å². The Morgan fingerprint density at radius 1 is 1.27 bits per heavy atom. The molecule has 0 aromatic carbocycles. The van der Waals surface area contributed by atoms with Crippen molar-refractivity contribution in [1.29, 1.82) is 0 Å². The first kappa shape index (κ1) is 11.4. The molecule has 0 aromatic rings. The summed E-state index contributed by atoms with van der Waals surface area (Å²) in [4.78, 5) is 17.5. The molecule has 0 rings (SSSR count). The highest BCUT2D eigenvalue weighted by molar-refractivity contribution is 7.45. The van der Waals surface area contributed by atoms with Gasteiger partial charge in [0.25, 0.3) is 0 Å². The van der Waals surface area contributed by atoms with E-state index in [2.05, 4.69) is 13.8 Å². The minimum Gasteiger partial charge on any atom is -0.350 e. The Bertz CT molecular complexity index is 86.2. The third-order valence-corrected chi connectivity index (χ3v) is 2.81. The van der Waals surface area contributed by atoms with Gasteiger partial charge >= 0.3 is 0 Å². The second-order valence-electron chi connectivity index (χ2n) is 2.97. The highest BCUT2D eigenvalue weighted by Gasteiger charge is 2.10. The molecule has 0 saturated heterocycles. The lowest BCUT2D eigenvalue weighted by molar-refractivity contribution is 0.437. The quantitative estimate of drug-likeness (QED) is 0.613. The van der Waals surface area contributed by atoms with E-state index < -0.39 is 8.38 Å². The normalized spacial score (nSPS) is 13.9. The van der Waals surface area contributed by atoms with Crippen LogP contribution in [-0.4, -0.2) is 15.9 Å². The van der Waals surface area contributed by atoms with E-state index in [-0.39, 0.29) is 0 Å². The van der Waals surface area contributed by atoms with E-state index in [1.54, 1.807) is 0 Å². The van der Waals surface area contributed by atoms with Gasteiger partial charge in [-0.25, -0.2) is 0 Å². The largest absolute Gasteiger partial charge is 0.350 e. The fraction of sp³-hybridized carbons (Fsp3) is 1.00. The van der Waals surface area contributed by atoms with Gasteiger partial charge < -0.3 is 9.79 Å². The standard InChI is InChI=1S/C8H19O2P/c1-3-5-6-8(4-2)7-11(9)10/h8-10H,3-7H2,1-2H3. The third-order valence-electron chi connectivity index (χ3n) is 1.96. The van der Waals surface area contributed by atoms with Gasteiger partial charge in [-0.1, -0.05) is 33.1 Å². The second-order valence-corrected chi connectivity index (χ2v) is 4.08. The van der Waals surface area contributed by atoms with Crippen LogP contribution < -0.4 is 0 Å². The first-order valence-corrected chi connectivity index (χ1v) is 5.79. The van der Waals surface area contributed by atoms with E-state index >= 15 is 0 Å². The van der Waals surface area contributed by atoms with E-state index in [0.29, 0.717) is 12.1 Å². The highest BCUT2D eigenvalue weighted by atomic mass is 31.2. The number of rotatable bonds is 6. The van der Waals surface area contributed by atoms with Gasteiger partial charge in [-0.3, -0.25) is 0 Å². The lowest BCUT2D eigenvalue weighted by Crippen LogP contribution is -2.03. The van der Waals surface area contributed by atoms with Crippen molar-refractivity contribution in [3.05, 3.63) is 0 Å². The predicted octanol–water partition coefficient (Wildman–Crippen LogP) is 2.50. The summed E-state index contributed by atoms with van der Waals surface area (Å²) in [7, 11) is -1.66. The third kappa shape index (κ3) is 6.74. The summed E-state index contributed by atoms with van der Waals surface area (Å²) >= 11 is 0. The molecule has 0 spiro atoms. The topological polar surface area (TPSA) is 40.5 Å². The molecule has 2 N–H and O–H groups in total. The Kier molecular flexibility index (Phi) is 7.25. The maximum absolute atomic E-state index is 8.77. The molecule has 0 fully saturated rings. The average molecular weight is 178 g/mol. The molecular formula is C8H19O2P. The van der Waals surface area contributed by atoms with Crippen molar-refractivity contribution in [2.45, 2.75) is 39.5 Å². The van der Waals surface area contributed by atoms with Crippen LogP contribution in [0.15, 0.2) is 0 Å². The first-order chi connectivity index (χ1) is 5.20. The molecule has 68 valence electrons. The predicted molar refractivity (Wildman–Crippen MR) is 49.5 cm³/mol. The minimum absolute atomic E-state index is 0.524. The van der Waals surface area contributed by atoms with Gasteiger partial charge in [0, 0.05) is 6.16 Å². The maximum Gasteiger partial charge on any atom is 0.165 e. The molecule has 1 atom stereocenters. The smallest absolute Gasteiger partial charge is 0.165 e. The molecule has 0 bridgehead atoms. The van der Waals surface area contributed by atoms with E-state index in [1.165, 1.54) is 12.8 Å². The Labute approximate surface area is 70.6 Å². The Morgan fingerprint density at radius 2 is 1.91 bits per heavy atom. The van der Waals surface area contributed by atoms with E-state index in [0.717, 1.165) is 12.8 Å². The fourth-order valence-corrected chi connectivity index (χ4v) is 2.05. The van der Waals surface area contributed by atoms with Gasteiger partial charge in [-0.05, 0) is 12.3 Å². The zero-order chi connectivity index (χ0) is 8.69. The van der Waals surface area contributed by atoms with Crippen LogP contribution in [0.1, 0.15) is 39.5 Å². The number of hydrogen-bond acceptors (Lipinski definition) is 2. The van der Waals surface area contributed by atoms with Gasteiger partial charge in [0.05, 0.1) is 0 Å². The molecule has 0 aliphatic carbocycles. The van der Waals surface area contributed by atoms with Crippen molar-refractivity contribution < 1.29 is 9.79 Å². The number of hydrogen-bond donors (Lipinski definition) is 2. The molecule has 0 aliphatic rings. The van der Waals surface area contributed by atoms with Crippen LogP contribution in [-0.2, 0) is 0 Å². The first-order valence-electron chi connectivity index (χ1n) is 4.36. The molecule has 0 amide bonds. The molecule has 0 radical (unpaired) electrons. The van der Waals surface area contributed by atoms with Crippen molar-refractivity contribution in [3.63, 3.8) is 0 Å². The zero-order valence-electron chi connectivity index (χ0n) is 7.45. The molecule has 3 heteroatoms. The summed E-state index contributed by atoms with van der Waals surface area (Å²) in [6.07, 6.45) is 5.23. The Hall–Kier alpha value is 0.350. The lowest BCUT2D eigenvalue weighted by Gasteiger charge is -2.13. The zero-order valence-corrected chi connectivity index (χ0v) is 8.35. The lowest BCUT2D eigenvalue weighted by atomic mass is 10.0. The molecule has 11 heavy (non-hydrogen) atoms. The second kappa shape index (κ2) is 7.02. The van der Waals surface area contributed by atoms with Crippen molar-refractivity contribution in [1.82, 2.24) is 0 Å². The van der Waals surface area contributed by atoms with E-state index in [1.807, 2.05) is 0 Å². The maximum atomic E-state index is 8.77. The molecule has 0 saturated carbocycles. The summed E-state index contributed by atoms with van der Waals surface area (Å²) in [5, 5.41) is 0. The Morgan fingerprint density at radius 3 is 2.27 bits per heavy atom. The average Bonchev–Trinajstić information content (AvgIpc) is 1.97. The molecular weight excluding hydrogens is 159 g/mol. The van der Waals surface area contributed by atoms with Crippen LogP contribution in [0.5, 0.6) is 0 Å². The van der Waals surface area contributed by atoms with Crippen molar-refractivity contribution in [3.8, 4) is 0 Å². The van der Waals surface area contributed by atoms with Crippen LogP contribution in [0.4, 0.5) is 0 Å². The van der Waals surface area contributed by atoms with Gasteiger partial charge in [-0.2, -0.15) is 0 Å².